The Kier molecular flexibility index (Phi) is 2.22. The number of rotatable bonds is 3. The van der Waals surface area contributed by atoms with Crippen LogP contribution in [0.2, 0.25) is 0 Å². The second-order valence-electron chi connectivity index (χ2n) is 4.34. The largest absolute Gasteiger partial charge is 0.497 e. The molecule has 0 aliphatic carbocycles. The minimum Gasteiger partial charge on any atom is -0.497 e. The van der Waals surface area contributed by atoms with Gasteiger partial charge in [0.1, 0.15) is 5.75 Å². The highest BCUT2D eigenvalue weighted by molar-refractivity contribution is 5.62. The van der Waals surface area contributed by atoms with Gasteiger partial charge in [0.15, 0.2) is 0 Å². The van der Waals surface area contributed by atoms with Crippen LogP contribution in [-0.2, 0) is 0 Å². The third-order valence-electron chi connectivity index (χ3n) is 3.26. The molecule has 0 spiro atoms. The van der Waals surface area contributed by atoms with Gasteiger partial charge in [0.05, 0.1) is 12.6 Å². The number of nitrogens with zero attached hydrogens (tertiary/aromatic N) is 1. The molecule has 1 unspecified atom stereocenters. The van der Waals surface area contributed by atoms with Crippen LogP contribution in [0.3, 0.4) is 0 Å². The Balaban J connectivity index is 2.16. The number of methoxy groups -OCH3 is 1. The lowest BCUT2D eigenvalue weighted by Crippen LogP contribution is -2.13. The van der Waals surface area contributed by atoms with Gasteiger partial charge in [-0.05, 0) is 38.1 Å². The highest BCUT2D eigenvalue weighted by Gasteiger charge is 2.48. The van der Waals surface area contributed by atoms with E-state index in [4.69, 9.17) is 4.74 Å². The average molecular weight is 203 g/mol. The third-order valence-corrected chi connectivity index (χ3v) is 3.26. The van der Waals surface area contributed by atoms with Crippen molar-refractivity contribution in [2.45, 2.75) is 19.4 Å². The minimum absolute atomic E-state index is 0.161. The SMILES string of the molecule is C=C(C)C1(C)CN1c1ccc(OC)cc1. The monoisotopic (exact) mass is 203 g/mol. The summed E-state index contributed by atoms with van der Waals surface area (Å²) < 4.78 is 5.13. The van der Waals surface area contributed by atoms with Gasteiger partial charge in [-0.15, -0.1) is 0 Å². The van der Waals surface area contributed by atoms with Crippen LogP contribution in [0, 0.1) is 0 Å². The van der Waals surface area contributed by atoms with E-state index in [1.54, 1.807) is 7.11 Å². The van der Waals surface area contributed by atoms with Crippen LogP contribution in [0.1, 0.15) is 13.8 Å². The smallest absolute Gasteiger partial charge is 0.119 e. The third kappa shape index (κ3) is 1.60. The van der Waals surface area contributed by atoms with E-state index in [1.165, 1.54) is 11.3 Å². The summed E-state index contributed by atoms with van der Waals surface area (Å²) in [4.78, 5) is 2.34. The molecular weight excluding hydrogens is 186 g/mol. The van der Waals surface area contributed by atoms with Crippen molar-refractivity contribution in [2.75, 3.05) is 18.6 Å². The maximum Gasteiger partial charge on any atom is 0.119 e. The van der Waals surface area contributed by atoms with Crippen molar-refractivity contribution in [3.63, 3.8) is 0 Å². The molecule has 0 amide bonds. The second-order valence-corrected chi connectivity index (χ2v) is 4.34. The molecule has 15 heavy (non-hydrogen) atoms. The van der Waals surface area contributed by atoms with E-state index in [0.29, 0.717) is 0 Å². The van der Waals surface area contributed by atoms with Crippen molar-refractivity contribution < 1.29 is 4.74 Å². The summed E-state index contributed by atoms with van der Waals surface area (Å²) in [7, 11) is 1.68. The predicted molar refractivity (Wildman–Crippen MR) is 63.6 cm³/mol. The summed E-state index contributed by atoms with van der Waals surface area (Å²) in [6, 6.07) is 8.17. The van der Waals surface area contributed by atoms with E-state index in [0.717, 1.165) is 12.3 Å². The van der Waals surface area contributed by atoms with Crippen LogP contribution in [0.15, 0.2) is 36.4 Å². The molecule has 1 fully saturated rings. The summed E-state index contributed by atoms with van der Waals surface area (Å²) in [5.41, 5.74) is 2.62. The Morgan fingerprint density at radius 3 is 2.40 bits per heavy atom. The molecule has 2 heteroatoms. The molecule has 2 rings (SSSR count). The van der Waals surface area contributed by atoms with E-state index in [-0.39, 0.29) is 5.54 Å². The molecule has 2 nitrogen and oxygen atoms in total. The normalized spacial score (nSPS) is 23.8. The van der Waals surface area contributed by atoms with Gasteiger partial charge in [-0.2, -0.15) is 0 Å². The molecule has 1 aromatic rings. The molecule has 1 atom stereocenters. The fraction of sp³-hybridized carbons (Fsp3) is 0.385. The Labute approximate surface area is 91.2 Å². The van der Waals surface area contributed by atoms with Crippen LogP contribution in [-0.4, -0.2) is 19.2 Å². The summed E-state index contributed by atoms with van der Waals surface area (Å²) in [6.45, 7) is 9.40. The first-order chi connectivity index (χ1) is 7.08. The van der Waals surface area contributed by atoms with Crippen molar-refractivity contribution in [2.24, 2.45) is 0 Å². The molecule has 0 N–H and O–H groups in total. The molecule has 1 saturated heterocycles. The van der Waals surface area contributed by atoms with Crippen molar-refractivity contribution in [1.29, 1.82) is 0 Å². The van der Waals surface area contributed by atoms with Crippen LogP contribution >= 0.6 is 0 Å². The van der Waals surface area contributed by atoms with E-state index >= 15 is 0 Å². The summed E-state index contributed by atoms with van der Waals surface area (Å²) in [5, 5.41) is 0. The van der Waals surface area contributed by atoms with Gasteiger partial charge in [0.25, 0.3) is 0 Å². The molecule has 1 heterocycles. The predicted octanol–water partition coefficient (Wildman–Crippen LogP) is 2.85. The number of hydrogen-bond acceptors (Lipinski definition) is 2. The lowest BCUT2D eigenvalue weighted by molar-refractivity contribution is 0.415. The van der Waals surface area contributed by atoms with E-state index < -0.39 is 0 Å². The molecule has 0 radical (unpaired) electrons. The lowest BCUT2D eigenvalue weighted by atomic mass is 10.1. The number of anilines is 1. The number of hydrogen-bond donors (Lipinski definition) is 0. The van der Waals surface area contributed by atoms with Gasteiger partial charge in [-0.1, -0.05) is 12.2 Å². The van der Waals surface area contributed by atoms with Crippen LogP contribution in [0.25, 0.3) is 0 Å². The number of benzene rings is 1. The standard InChI is InChI=1S/C13H17NO/c1-10(2)13(3)9-14(13)11-5-7-12(15-4)8-6-11/h5-8H,1,9H2,2-4H3. The van der Waals surface area contributed by atoms with Gasteiger partial charge in [0.2, 0.25) is 0 Å². The fourth-order valence-corrected chi connectivity index (χ4v) is 1.78. The second kappa shape index (κ2) is 3.30. The Morgan fingerprint density at radius 1 is 1.40 bits per heavy atom. The Morgan fingerprint density at radius 2 is 2.00 bits per heavy atom. The molecule has 80 valence electrons. The lowest BCUT2D eigenvalue weighted by Gasteiger charge is -2.13. The first-order valence-corrected chi connectivity index (χ1v) is 5.15. The topological polar surface area (TPSA) is 12.2 Å². The summed E-state index contributed by atoms with van der Waals surface area (Å²) in [5.74, 6) is 0.901. The quantitative estimate of drug-likeness (QED) is 0.553. The van der Waals surface area contributed by atoms with Crippen LogP contribution < -0.4 is 9.64 Å². The molecule has 0 bridgehead atoms. The fourth-order valence-electron chi connectivity index (χ4n) is 1.78. The maximum atomic E-state index is 5.13. The van der Waals surface area contributed by atoms with E-state index in [1.807, 2.05) is 12.1 Å². The minimum atomic E-state index is 0.161. The van der Waals surface area contributed by atoms with Gasteiger partial charge in [-0.25, -0.2) is 0 Å². The zero-order valence-electron chi connectivity index (χ0n) is 9.58. The van der Waals surface area contributed by atoms with Crippen molar-refractivity contribution in [1.82, 2.24) is 0 Å². The van der Waals surface area contributed by atoms with Gasteiger partial charge in [-0.3, -0.25) is 0 Å². The van der Waals surface area contributed by atoms with Gasteiger partial charge >= 0.3 is 0 Å². The first kappa shape index (κ1) is 10.1. The molecule has 1 aliphatic rings. The highest BCUT2D eigenvalue weighted by Crippen LogP contribution is 2.42. The van der Waals surface area contributed by atoms with Gasteiger partial charge in [0, 0.05) is 12.2 Å². The molecular formula is C13H17NO. The van der Waals surface area contributed by atoms with Crippen LogP contribution in [0.5, 0.6) is 5.75 Å². The highest BCUT2D eigenvalue weighted by atomic mass is 16.5. The summed E-state index contributed by atoms with van der Waals surface area (Å²) >= 11 is 0. The zero-order chi connectivity index (χ0) is 11.1. The van der Waals surface area contributed by atoms with E-state index in [9.17, 15) is 0 Å². The van der Waals surface area contributed by atoms with Crippen molar-refractivity contribution >= 4 is 5.69 Å². The van der Waals surface area contributed by atoms with Crippen molar-refractivity contribution in [3.8, 4) is 5.75 Å². The van der Waals surface area contributed by atoms with E-state index in [2.05, 4.69) is 37.5 Å². The zero-order valence-corrected chi connectivity index (χ0v) is 9.58. The Bertz CT molecular complexity index is 382. The number of ether oxygens (including phenoxy) is 1. The maximum absolute atomic E-state index is 5.13. The molecule has 1 aromatic carbocycles. The molecule has 0 aromatic heterocycles. The molecule has 1 aliphatic heterocycles. The Hall–Kier alpha value is -1.44. The van der Waals surface area contributed by atoms with Gasteiger partial charge < -0.3 is 9.64 Å². The summed E-state index contributed by atoms with van der Waals surface area (Å²) in [6.07, 6.45) is 0. The van der Waals surface area contributed by atoms with Crippen LogP contribution in [0.4, 0.5) is 5.69 Å². The molecule has 0 saturated carbocycles. The first-order valence-electron chi connectivity index (χ1n) is 5.15. The van der Waals surface area contributed by atoms with Crippen molar-refractivity contribution in [3.05, 3.63) is 36.4 Å². The average Bonchev–Trinajstić information content (AvgIpc) is 2.93.